The molecule has 0 spiro atoms. The van der Waals surface area contributed by atoms with Crippen molar-refractivity contribution in [2.24, 2.45) is 0 Å². The highest BCUT2D eigenvalue weighted by Crippen LogP contribution is 2.36. The second kappa shape index (κ2) is 10.9. The molecular formula is C24H23Cl2NO3S2. The van der Waals surface area contributed by atoms with Gasteiger partial charge < -0.3 is 14.8 Å². The lowest BCUT2D eigenvalue weighted by atomic mass is 9.84. The van der Waals surface area contributed by atoms with Crippen LogP contribution in [0.5, 0.6) is 11.5 Å². The van der Waals surface area contributed by atoms with Crippen LogP contribution in [-0.2, 0) is 4.79 Å². The maximum absolute atomic E-state index is 12.0. The minimum atomic E-state index is -0.248. The fraction of sp³-hybridized carbons (Fsp3) is 0.333. The summed E-state index contributed by atoms with van der Waals surface area (Å²) in [5.74, 6) is 1.69. The first-order chi connectivity index (χ1) is 15.5. The molecule has 2 aliphatic rings. The van der Waals surface area contributed by atoms with E-state index in [1.165, 1.54) is 49.4 Å². The standard InChI is InChI=1S/C24H23Cl2NO3S2/c25-18-12-17(13-21-23(28)27-24(31)32-21)22(20(26)14-18)30-11-10-29-19-8-6-16(7-9-19)15-4-2-1-3-5-15/h6-9,12-15H,1-5,10-11H2,(H,27,28,31). The van der Waals surface area contributed by atoms with Crippen molar-refractivity contribution in [3.8, 4) is 11.5 Å². The van der Waals surface area contributed by atoms with E-state index in [2.05, 4.69) is 17.4 Å². The molecule has 1 amide bonds. The number of hydrogen-bond donors (Lipinski definition) is 1. The summed E-state index contributed by atoms with van der Waals surface area (Å²) in [6, 6.07) is 11.7. The Morgan fingerprint density at radius 1 is 1.06 bits per heavy atom. The van der Waals surface area contributed by atoms with Gasteiger partial charge in [0.25, 0.3) is 5.91 Å². The summed E-state index contributed by atoms with van der Waals surface area (Å²) in [4.78, 5) is 12.5. The van der Waals surface area contributed by atoms with Crippen LogP contribution >= 0.6 is 47.2 Å². The Labute approximate surface area is 207 Å². The second-order valence-electron chi connectivity index (χ2n) is 7.76. The first-order valence-corrected chi connectivity index (χ1v) is 12.6. The summed E-state index contributed by atoms with van der Waals surface area (Å²) in [6.07, 6.45) is 8.23. The van der Waals surface area contributed by atoms with Gasteiger partial charge in [-0.1, -0.05) is 78.6 Å². The number of ether oxygens (including phenoxy) is 2. The van der Waals surface area contributed by atoms with Crippen LogP contribution in [0.15, 0.2) is 41.3 Å². The number of carbonyl (C=O) groups excluding carboxylic acids is 1. The molecule has 0 atom stereocenters. The van der Waals surface area contributed by atoms with Crippen LogP contribution < -0.4 is 14.8 Å². The Hall–Kier alpha value is -1.73. The molecule has 1 N–H and O–H groups in total. The largest absolute Gasteiger partial charge is 0.490 e. The lowest BCUT2D eigenvalue weighted by Crippen LogP contribution is -2.17. The van der Waals surface area contributed by atoms with E-state index in [-0.39, 0.29) is 5.91 Å². The molecule has 1 saturated carbocycles. The second-order valence-corrected chi connectivity index (χ2v) is 10.3. The van der Waals surface area contributed by atoms with Crippen LogP contribution in [0.3, 0.4) is 0 Å². The van der Waals surface area contributed by atoms with Crippen LogP contribution in [0.4, 0.5) is 0 Å². The maximum atomic E-state index is 12.0. The predicted molar refractivity (Wildman–Crippen MR) is 136 cm³/mol. The lowest BCUT2D eigenvalue weighted by molar-refractivity contribution is -0.115. The van der Waals surface area contributed by atoms with E-state index in [4.69, 9.17) is 44.9 Å². The Morgan fingerprint density at radius 2 is 1.78 bits per heavy atom. The molecule has 1 saturated heterocycles. The smallest absolute Gasteiger partial charge is 0.263 e. The van der Waals surface area contributed by atoms with Crippen molar-refractivity contribution in [1.29, 1.82) is 0 Å². The van der Waals surface area contributed by atoms with Crippen LogP contribution in [0.1, 0.15) is 49.1 Å². The number of nitrogens with one attached hydrogen (secondary N) is 1. The van der Waals surface area contributed by atoms with Crippen LogP contribution in [0, 0.1) is 0 Å². The van der Waals surface area contributed by atoms with Gasteiger partial charge in [-0.3, -0.25) is 4.79 Å². The third-order valence-corrected chi connectivity index (χ3v) is 7.18. The quantitative estimate of drug-likeness (QED) is 0.248. The first kappa shape index (κ1) is 23.4. The predicted octanol–water partition coefficient (Wildman–Crippen LogP) is 6.99. The molecule has 1 aliphatic heterocycles. The van der Waals surface area contributed by atoms with E-state index in [1.54, 1.807) is 18.2 Å². The number of thioether (sulfide) groups is 1. The Balaban J connectivity index is 1.36. The Bertz CT molecular complexity index is 1030. The van der Waals surface area contributed by atoms with Crippen LogP contribution in [0.2, 0.25) is 10.0 Å². The molecule has 168 valence electrons. The van der Waals surface area contributed by atoms with Gasteiger partial charge in [-0.15, -0.1) is 0 Å². The molecule has 1 aliphatic carbocycles. The molecule has 0 aromatic heterocycles. The molecule has 0 unspecified atom stereocenters. The van der Waals surface area contributed by atoms with Gasteiger partial charge in [0, 0.05) is 10.6 Å². The zero-order valence-corrected chi connectivity index (χ0v) is 20.5. The zero-order chi connectivity index (χ0) is 22.5. The van der Waals surface area contributed by atoms with Crippen molar-refractivity contribution in [3.63, 3.8) is 0 Å². The van der Waals surface area contributed by atoms with Crippen molar-refractivity contribution >= 4 is 63.5 Å². The normalized spacial score (nSPS) is 18.1. The van der Waals surface area contributed by atoms with E-state index < -0.39 is 0 Å². The molecule has 0 radical (unpaired) electrons. The maximum Gasteiger partial charge on any atom is 0.263 e. The molecular weight excluding hydrogens is 485 g/mol. The number of carbonyl (C=O) groups is 1. The molecule has 1 heterocycles. The minimum Gasteiger partial charge on any atom is -0.490 e. The number of halogens is 2. The number of hydrogen-bond acceptors (Lipinski definition) is 5. The molecule has 32 heavy (non-hydrogen) atoms. The monoisotopic (exact) mass is 507 g/mol. The van der Waals surface area contributed by atoms with Gasteiger partial charge in [-0.05, 0) is 54.7 Å². The van der Waals surface area contributed by atoms with Crippen molar-refractivity contribution in [3.05, 3.63) is 62.5 Å². The van der Waals surface area contributed by atoms with E-state index in [1.807, 2.05) is 12.1 Å². The van der Waals surface area contributed by atoms with Gasteiger partial charge in [-0.25, -0.2) is 0 Å². The van der Waals surface area contributed by atoms with E-state index >= 15 is 0 Å². The summed E-state index contributed by atoms with van der Waals surface area (Å²) in [7, 11) is 0. The molecule has 4 rings (SSSR count). The summed E-state index contributed by atoms with van der Waals surface area (Å²) in [5, 5.41) is 3.41. The molecule has 2 aromatic carbocycles. The molecule has 2 fully saturated rings. The summed E-state index contributed by atoms with van der Waals surface area (Å²) >= 11 is 18.7. The van der Waals surface area contributed by atoms with Crippen LogP contribution in [0.25, 0.3) is 6.08 Å². The molecule has 2 aromatic rings. The summed E-state index contributed by atoms with van der Waals surface area (Å²) in [6.45, 7) is 0.650. The van der Waals surface area contributed by atoms with Crippen molar-refractivity contribution in [2.45, 2.75) is 38.0 Å². The van der Waals surface area contributed by atoms with Gasteiger partial charge in [0.05, 0.1) is 9.93 Å². The van der Waals surface area contributed by atoms with Gasteiger partial charge in [0.15, 0.2) is 0 Å². The van der Waals surface area contributed by atoms with Crippen molar-refractivity contribution < 1.29 is 14.3 Å². The topological polar surface area (TPSA) is 47.6 Å². The van der Waals surface area contributed by atoms with Gasteiger partial charge in [0.2, 0.25) is 0 Å². The van der Waals surface area contributed by atoms with Gasteiger partial charge in [0.1, 0.15) is 29.0 Å². The van der Waals surface area contributed by atoms with Crippen molar-refractivity contribution in [1.82, 2.24) is 5.32 Å². The van der Waals surface area contributed by atoms with E-state index in [0.717, 1.165) is 5.75 Å². The molecule has 4 nitrogen and oxygen atoms in total. The average Bonchev–Trinajstić information content (AvgIpc) is 3.10. The molecule has 0 bridgehead atoms. The van der Waals surface area contributed by atoms with Crippen molar-refractivity contribution in [2.75, 3.05) is 13.2 Å². The minimum absolute atomic E-state index is 0.248. The van der Waals surface area contributed by atoms with Gasteiger partial charge in [-0.2, -0.15) is 0 Å². The first-order valence-electron chi connectivity index (χ1n) is 10.6. The van der Waals surface area contributed by atoms with Crippen LogP contribution in [-0.4, -0.2) is 23.4 Å². The highest BCUT2D eigenvalue weighted by atomic mass is 35.5. The highest BCUT2D eigenvalue weighted by molar-refractivity contribution is 8.26. The van der Waals surface area contributed by atoms with E-state index in [9.17, 15) is 4.79 Å². The van der Waals surface area contributed by atoms with Gasteiger partial charge >= 0.3 is 0 Å². The third kappa shape index (κ3) is 5.98. The average molecular weight is 508 g/mol. The fourth-order valence-electron chi connectivity index (χ4n) is 3.98. The third-order valence-electron chi connectivity index (χ3n) is 5.52. The fourth-order valence-corrected chi connectivity index (χ4v) is 5.58. The lowest BCUT2D eigenvalue weighted by Gasteiger charge is -2.22. The molecule has 8 heteroatoms. The summed E-state index contributed by atoms with van der Waals surface area (Å²) < 4.78 is 12.2. The zero-order valence-electron chi connectivity index (χ0n) is 17.4. The number of thiocarbonyl (C=S) groups is 1. The number of rotatable bonds is 7. The Kier molecular flexibility index (Phi) is 8.00. The number of amides is 1. The van der Waals surface area contributed by atoms with E-state index in [0.29, 0.717) is 49.7 Å². The number of benzene rings is 2. The highest BCUT2D eigenvalue weighted by Gasteiger charge is 2.23. The summed E-state index contributed by atoms with van der Waals surface area (Å²) in [5.41, 5.74) is 2.01. The SMILES string of the molecule is O=C1NC(=S)SC1=Cc1cc(Cl)cc(Cl)c1OCCOc1ccc(C2CCCCC2)cc1. The Morgan fingerprint density at radius 3 is 2.47 bits per heavy atom.